The lowest BCUT2D eigenvalue weighted by Crippen LogP contribution is -2.63. The Morgan fingerprint density at radius 3 is 2.09 bits per heavy atom. The van der Waals surface area contributed by atoms with Crippen molar-refractivity contribution in [2.24, 2.45) is 49.7 Å². The minimum absolute atomic E-state index is 0.169. The first-order chi connectivity index (χ1) is 25.9. The number of aliphatic imine (C=N–C) groups is 3. The molecule has 15 atom stereocenters. The topological polar surface area (TPSA) is 317 Å². The summed E-state index contributed by atoms with van der Waals surface area (Å²) in [6, 6.07) is -2.43. The van der Waals surface area contributed by atoms with Crippen molar-refractivity contribution in [3.05, 3.63) is 34.9 Å². The number of guanidine groups is 2. The third-order valence-corrected chi connectivity index (χ3v) is 10.5. The van der Waals surface area contributed by atoms with Crippen LogP contribution in [0.1, 0.15) is 67.2 Å². The molecule has 0 bridgehead atoms. The Hall–Kier alpha value is -3.14. The highest BCUT2D eigenvalue weighted by molar-refractivity contribution is 5.90. The minimum atomic E-state index is -2.36. The highest BCUT2D eigenvalue weighted by Gasteiger charge is 2.60. The number of ether oxygens (including phenoxy) is 4. The van der Waals surface area contributed by atoms with Crippen molar-refractivity contribution in [1.29, 1.82) is 0 Å². The summed E-state index contributed by atoms with van der Waals surface area (Å²) in [5, 5.41) is 65.3. The Kier molecular flexibility index (Phi) is 17.5. The van der Waals surface area contributed by atoms with Gasteiger partial charge in [-0.25, -0.2) is 15.0 Å². The zero-order chi connectivity index (χ0) is 41.2. The van der Waals surface area contributed by atoms with Crippen LogP contribution in [-0.4, -0.2) is 147 Å². The second-order valence-corrected chi connectivity index (χ2v) is 15.0. The van der Waals surface area contributed by atoms with Crippen molar-refractivity contribution in [3.8, 4) is 0 Å². The molecule has 2 saturated heterocycles. The number of nitrogens with two attached hydrogens (primary N) is 4. The summed E-state index contributed by atoms with van der Waals surface area (Å²) in [4.78, 5) is 25.0. The van der Waals surface area contributed by atoms with E-state index in [1.165, 1.54) is 24.3 Å². The van der Waals surface area contributed by atoms with Crippen molar-refractivity contribution in [2.75, 3.05) is 13.2 Å². The van der Waals surface area contributed by atoms with Crippen LogP contribution < -0.4 is 22.9 Å². The lowest BCUT2D eigenvalue weighted by Gasteiger charge is -2.46. The maximum Gasteiger partial charge on any atom is 0.215 e. The molecular weight excluding hydrogens is 718 g/mol. The average Bonchev–Trinajstić information content (AvgIpc) is 3.36. The van der Waals surface area contributed by atoms with Crippen LogP contribution in [0, 0.1) is 11.8 Å². The molecule has 14 N–H and O–H groups in total. The number of rotatable bonds is 16. The smallest absolute Gasteiger partial charge is 0.215 e. The van der Waals surface area contributed by atoms with Crippen LogP contribution in [0.15, 0.2) is 49.9 Å². The van der Waals surface area contributed by atoms with Gasteiger partial charge in [-0.1, -0.05) is 35.8 Å². The first-order valence-electron chi connectivity index (χ1n) is 18.6. The summed E-state index contributed by atoms with van der Waals surface area (Å²) in [5.41, 5.74) is 24.8. The van der Waals surface area contributed by atoms with Gasteiger partial charge in [0.05, 0.1) is 36.9 Å². The Labute approximate surface area is 322 Å². The molecule has 18 nitrogen and oxygen atoms in total. The molecule has 3 aliphatic rings. The molecule has 18 heteroatoms. The van der Waals surface area contributed by atoms with E-state index in [1.807, 2.05) is 13.0 Å². The number of aldehydes is 1. The summed E-state index contributed by atoms with van der Waals surface area (Å²) in [6.07, 6.45) is -2.93. The van der Waals surface area contributed by atoms with Crippen molar-refractivity contribution in [3.63, 3.8) is 0 Å². The van der Waals surface area contributed by atoms with E-state index in [4.69, 9.17) is 41.9 Å². The van der Waals surface area contributed by atoms with Crippen molar-refractivity contribution in [2.45, 2.75) is 146 Å². The summed E-state index contributed by atoms with van der Waals surface area (Å²) < 4.78 is 23.7. The highest BCUT2D eigenvalue weighted by atomic mass is 16.8. The van der Waals surface area contributed by atoms with Gasteiger partial charge < -0.3 is 72.5 Å². The van der Waals surface area contributed by atoms with Gasteiger partial charge in [-0.2, -0.15) is 0 Å². The number of aliphatic hydroxyl groups is 6. The number of allylic oxidation sites excluding steroid dienone is 6. The van der Waals surface area contributed by atoms with E-state index in [2.05, 4.69) is 47.9 Å². The minimum Gasteiger partial charge on any atom is -0.394 e. The molecule has 0 radical (unpaired) electrons. The van der Waals surface area contributed by atoms with Crippen LogP contribution in [0.25, 0.3) is 0 Å². The summed E-state index contributed by atoms with van der Waals surface area (Å²) in [5.74, 6) is -2.52. The average molecular weight is 782 g/mol. The molecule has 15 unspecified atom stereocenters. The zero-order valence-corrected chi connectivity index (χ0v) is 32.6. The van der Waals surface area contributed by atoms with Gasteiger partial charge in [0.2, 0.25) is 5.96 Å². The molecule has 1 saturated carbocycles. The van der Waals surface area contributed by atoms with Gasteiger partial charge in [0, 0.05) is 18.7 Å². The number of hydrogen-bond acceptors (Lipinski definition) is 14. The molecule has 55 heavy (non-hydrogen) atoms. The zero-order valence-electron chi connectivity index (χ0n) is 32.6. The molecule has 0 aromatic carbocycles. The monoisotopic (exact) mass is 781 g/mol. The van der Waals surface area contributed by atoms with Crippen molar-refractivity contribution < 1.29 is 54.4 Å². The predicted molar refractivity (Wildman–Crippen MR) is 205 cm³/mol. The fourth-order valence-electron chi connectivity index (χ4n) is 6.93. The van der Waals surface area contributed by atoms with E-state index in [0.29, 0.717) is 0 Å². The van der Waals surface area contributed by atoms with Crippen LogP contribution in [0.3, 0.4) is 0 Å². The maximum absolute atomic E-state index is 12.3. The predicted octanol–water partition coefficient (Wildman–Crippen LogP) is -1.37. The number of carbonyl (C=O) groups excluding carboxylic acids is 1. The van der Waals surface area contributed by atoms with Crippen LogP contribution in [-0.2, 0) is 23.7 Å². The first-order valence-corrected chi connectivity index (χ1v) is 18.6. The largest absolute Gasteiger partial charge is 0.394 e. The van der Waals surface area contributed by atoms with Gasteiger partial charge in [0.15, 0.2) is 30.4 Å². The standard InChI is InChI=1S/C37H63N7O11/c1-18(2)9-7-10-19(3)11-8-12-20(4)13-14-42-36(41)44-25-21(5)27(47)31(26(30(25)50)43-35(39)40)54-34-32(37(51,17-46)22(6)52-34)55-33-23(15-38)28(48)29(49)24(16-45)53-33/h9,11,13-14,17,21-34,45,47-51H,7-8,10,12,15-16,38H2,1-6H3,(H2,41,44)(H4,39,40,43)/b19-11+,20-13+,42-14?. The van der Waals surface area contributed by atoms with Crippen LogP contribution in [0.2, 0.25) is 0 Å². The molecule has 0 amide bonds. The third-order valence-electron chi connectivity index (χ3n) is 10.5. The molecular formula is C37H63N7O11. The number of hydrogen-bond donors (Lipinski definition) is 10. The molecule has 3 rings (SSSR count). The van der Waals surface area contributed by atoms with E-state index >= 15 is 0 Å². The number of aliphatic hydroxyl groups excluding tert-OH is 5. The van der Waals surface area contributed by atoms with E-state index in [0.717, 1.165) is 31.3 Å². The summed E-state index contributed by atoms with van der Waals surface area (Å²) >= 11 is 0. The Bertz CT molecular complexity index is 1450. The fourth-order valence-corrected chi connectivity index (χ4v) is 6.93. The van der Waals surface area contributed by atoms with Crippen molar-refractivity contribution in [1.82, 2.24) is 0 Å². The molecule has 0 aromatic heterocycles. The summed E-state index contributed by atoms with van der Waals surface area (Å²) in [6.45, 7) is 10.3. The van der Waals surface area contributed by atoms with Gasteiger partial charge in [0.1, 0.15) is 36.6 Å². The first kappa shape index (κ1) is 46.2. The lowest BCUT2D eigenvalue weighted by atomic mass is 9.76. The van der Waals surface area contributed by atoms with Gasteiger partial charge in [-0.3, -0.25) is 4.79 Å². The second-order valence-electron chi connectivity index (χ2n) is 15.0. The quantitative estimate of drug-likeness (QED) is 0.0374. The van der Waals surface area contributed by atoms with E-state index in [1.54, 1.807) is 6.92 Å². The van der Waals surface area contributed by atoms with E-state index < -0.39 is 103 Å². The number of nitrogens with zero attached hydrogens (tertiary/aromatic N) is 3. The third kappa shape index (κ3) is 11.7. The lowest BCUT2D eigenvalue weighted by molar-refractivity contribution is -0.323. The van der Waals surface area contributed by atoms with E-state index in [-0.39, 0.29) is 18.8 Å². The van der Waals surface area contributed by atoms with Gasteiger partial charge in [0.25, 0.3) is 0 Å². The second kappa shape index (κ2) is 20.9. The SMILES string of the molecule is CC(C)=CCC/C(C)=C/CC/C(C)=C/C=NC(N)=NC1C(C)C(O)C(OC2OC(C)C(O)(C=O)C2OC2OC(CO)C(O)C(O)C2CN)C(N=C(N)N)C1O. The Balaban J connectivity index is 1.80. The van der Waals surface area contributed by atoms with Gasteiger partial charge in [-0.15, -0.1) is 0 Å². The van der Waals surface area contributed by atoms with Gasteiger partial charge >= 0.3 is 0 Å². The van der Waals surface area contributed by atoms with Gasteiger partial charge in [-0.05, 0) is 66.4 Å². The highest BCUT2D eigenvalue weighted by Crippen LogP contribution is 2.40. The number of carbonyl (C=O) groups is 1. The molecule has 0 aromatic rings. The fraction of sp³-hybridized carbons (Fsp3) is 0.730. The van der Waals surface area contributed by atoms with E-state index in [9.17, 15) is 35.4 Å². The summed E-state index contributed by atoms with van der Waals surface area (Å²) in [7, 11) is 0. The van der Waals surface area contributed by atoms with Crippen molar-refractivity contribution >= 4 is 24.4 Å². The Morgan fingerprint density at radius 1 is 0.836 bits per heavy atom. The van der Waals surface area contributed by atoms with Crippen LogP contribution in [0.5, 0.6) is 0 Å². The molecule has 3 fully saturated rings. The molecule has 1 aliphatic carbocycles. The normalized spacial score (nSPS) is 39.0. The molecule has 312 valence electrons. The van der Waals surface area contributed by atoms with Crippen LogP contribution >= 0.6 is 0 Å². The molecule has 2 heterocycles. The molecule has 0 spiro atoms. The van der Waals surface area contributed by atoms with Crippen LogP contribution in [0.4, 0.5) is 0 Å². The molecule has 2 aliphatic heterocycles. The maximum atomic E-state index is 12.3. The Morgan fingerprint density at radius 2 is 1.49 bits per heavy atom.